The van der Waals surface area contributed by atoms with Gasteiger partial charge in [0.25, 0.3) is 5.91 Å². The molecule has 33 heavy (non-hydrogen) atoms. The van der Waals surface area contributed by atoms with E-state index in [0.29, 0.717) is 28.8 Å². The second kappa shape index (κ2) is 9.73. The average Bonchev–Trinajstić information content (AvgIpc) is 3.18. The molecule has 0 aliphatic heterocycles. The Labute approximate surface area is 203 Å². The number of carbonyl (C=O) groups excluding carboxylic acids is 1. The fraction of sp³-hybridized carbons (Fsp3) is 0.192. The van der Waals surface area contributed by atoms with E-state index in [1.807, 2.05) is 37.3 Å². The van der Waals surface area contributed by atoms with Crippen molar-refractivity contribution in [2.24, 2.45) is 0 Å². The summed E-state index contributed by atoms with van der Waals surface area (Å²) < 4.78 is 5.90. The summed E-state index contributed by atoms with van der Waals surface area (Å²) in [6.07, 6.45) is 0.585. The lowest BCUT2D eigenvalue weighted by atomic mass is 10.0. The zero-order valence-electron chi connectivity index (χ0n) is 18.6. The number of hydrogen-bond donors (Lipinski definition) is 2. The van der Waals surface area contributed by atoms with Crippen molar-refractivity contribution in [3.05, 3.63) is 93.8 Å². The number of hydrogen-bond acceptors (Lipinski definition) is 4. The molecule has 1 heterocycles. The molecular formula is C26H24ClN3O2S. The summed E-state index contributed by atoms with van der Waals surface area (Å²) in [7, 11) is 0. The van der Waals surface area contributed by atoms with Crippen molar-refractivity contribution >= 4 is 51.6 Å². The van der Waals surface area contributed by atoms with E-state index in [9.17, 15) is 4.79 Å². The van der Waals surface area contributed by atoms with Gasteiger partial charge in [-0.2, -0.15) is 0 Å². The molecule has 3 aromatic carbocycles. The van der Waals surface area contributed by atoms with Crippen LogP contribution in [-0.4, -0.2) is 16.0 Å². The number of halogens is 1. The second-order valence-corrected chi connectivity index (χ2v) is 9.05. The van der Waals surface area contributed by atoms with E-state index in [-0.39, 0.29) is 11.0 Å². The van der Waals surface area contributed by atoms with Gasteiger partial charge in [-0.05, 0) is 78.1 Å². The first-order valence-electron chi connectivity index (χ1n) is 10.7. The Morgan fingerprint density at radius 2 is 1.85 bits per heavy atom. The van der Waals surface area contributed by atoms with Gasteiger partial charge in [0.15, 0.2) is 16.6 Å². The highest BCUT2D eigenvalue weighted by Gasteiger charge is 2.11. The lowest BCUT2D eigenvalue weighted by molar-refractivity contribution is 0.0977. The van der Waals surface area contributed by atoms with Crippen LogP contribution in [0.2, 0.25) is 5.02 Å². The summed E-state index contributed by atoms with van der Waals surface area (Å²) >= 11 is 11.4. The third-order valence-electron chi connectivity index (χ3n) is 5.35. The maximum atomic E-state index is 12.4. The normalized spacial score (nSPS) is 11.1. The SMILES string of the molecule is Cc1ccc(C(=O)NC(=S)Nc2ccc(Cc3nc4cc(C(C)C)ccc4o3)cc2)cc1Cl. The number of aryl methyl sites for hydroxylation is 1. The van der Waals surface area contributed by atoms with Crippen molar-refractivity contribution in [2.75, 3.05) is 5.32 Å². The maximum absolute atomic E-state index is 12.4. The number of rotatable bonds is 5. The molecule has 0 aliphatic rings. The molecule has 0 atom stereocenters. The van der Waals surface area contributed by atoms with E-state index in [1.54, 1.807) is 18.2 Å². The lowest BCUT2D eigenvalue weighted by Gasteiger charge is -2.10. The molecule has 1 amide bonds. The van der Waals surface area contributed by atoms with Crippen LogP contribution >= 0.6 is 23.8 Å². The third-order valence-corrected chi connectivity index (χ3v) is 5.96. The molecule has 0 spiro atoms. The van der Waals surface area contributed by atoms with Gasteiger partial charge in [0, 0.05) is 22.7 Å². The number of thiocarbonyl (C=S) groups is 1. The van der Waals surface area contributed by atoms with Crippen LogP contribution in [0, 0.1) is 6.92 Å². The van der Waals surface area contributed by atoms with Crippen molar-refractivity contribution in [1.29, 1.82) is 0 Å². The van der Waals surface area contributed by atoms with Gasteiger partial charge in [-0.25, -0.2) is 4.98 Å². The van der Waals surface area contributed by atoms with Gasteiger partial charge in [-0.1, -0.05) is 49.7 Å². The average molecular weight is 478 g/mol. The van der Waals surface area contributed by atoms with Crippen molar-refractivity contribution in [3.63, 3.8) is 0 Å². The molecule has 168 valence electrons. The summed E-state index contributed by atoms with van der Waals surface area (Å²) in [6.45, 7) is 6.20. The van der Waals surface area contributed by atoms with Crippen LogP contribution in [-0.2, 0) is 6.42 Å². The van der Waals surface area contributed by atoms with Gasteiger partial charge < -0.3 is 9.73 Å². The lowest BCUT2D eigenvalue weighted by Crippen LogP contribution is -2.34. The minimum atomic E-state index is -0.317. The number of aromatic nitrogens is 1. The summed E-state index contributed by atoms with van der Waals surface area (Å²) in [6, 6.07) is 19.0. The van der Waals surface area contributed by atoms with E-state index < -0.39 is 0 Å². The van der Waals surface area contributed by atoms with Crippen LogP contribution in [0.3, 0.4) is 0 Å². The quantitative estimate of drug-likeness (QED) is 0.316. The van der Waals surface area contributed by atoms with Crippen LogP contribution < -0.4 is 10.6 Å². The number of benzene rings is 3. The number of anilines is 1. The van der Waals surface area contributed by atoms with Crippen molar-refractivity contribution in [1.82, 2.24) is 10.3 Å². The number of amides is 1. The molecule has 7 heteroatoms. The Morgan fingerprint density at radius 1 is 1.09 bits per heavy atom. The third kappa shape index (κ3) is 5.59. The first-order chi connectivity index (χ1) is 15.8. The minimum absolute atomic E-state index is 0.212. The fourth-order valence-electron chi connectivity index (χ4n) is 3.38. The van der Waals surface area contributed by atoms with Gasteiger partial charge in [-0.3, -0.25) is 10.1 Å². The number of oxazole rings is 1. The number of carbonyl (C=O) groups is 1. The van der Waals surface area contributed by atoms with Gasteiger partial charge in [0.2, 0.25) is 0 Å². The number of nitrogens with zero attached hydrogens (tertiary/aromatic N) is 1. The largest absolute Gasteiger partial charge is 0.440 e. The predicted molar refractivity (Wildman–Crippen MR) is 137 cm³/mol. The Balaban J connectivity index is 1.37. The number of fused-ring (bicyclic) bond motifs is 1. The summed E-state index contributed by atoms with van der Waals surface area (Å²) in [5, 5.41) is 6.45. The first kappa shape index (κ1) is 23.0. The Bertz CT molecular complexity index is 1330. The monoisotopic (exact) mass is 477 g/mol. The fourth-order valence-corrected chi connectivity index (χ4v) is 3.77. The maximum Gasteiger partial charge on any atom is 0.257 e. The second-order valence-electron chi connectivity index (χ2n) is 8.24. The van der Waals surface area contributed by atoms with Crippen LogP contribution in [0.4, 0.5) is 5.69 Å². The smallest absolute Gasteiger partial charge is 0.257 e. The van der Waals surface area contributed by atoms with Crippen LogP contribution in [0.5, 0.6) is 0 Å². The molecule has 0 fully saturated rings. The van der Waals surface area contributed by atoms with Crippen molar-refractivity contribution in [3.8, 4) is 0 Å². The molecule has 0 saturated carbocycles. The zero-order chi connectivity index (χ0) is 23.5. The molecule has 2 N–H and O–H groups in total. The van der Waals surface area contributed by atoms with E-state index in [0.717, 1.165) is 27.9 Å². The van der Waals surface area contributed by atoms with Gasteiger partial charge in [-0.15, -0.1) is 0 Å². The Morgan fingerprint density at radius 3 is 2.55 bits per heavy atom. The van der Waals surface area contributed by atoms with Crippen LogP contribution in [0.25, 0.3) is 11.1 Å². The van der Waals surface area contributed by atoms with Gasteiger partial charge in [0.05, 0.1) is 0 Å². The van der Waals surface area contributed by atoms with Gasteiger partial charge in [0.1, 0.15) is 5.52 Å². The molecule has 1 aromatic heterocycles. The summed E-state index contributed by atoms with van der Waals surface area (Å²) in [4.78, 5) is 17.0. The highest BCUT2D eigenvalue weighted by atomic mass is 35.5. The Hall–Kier alpha value is -3.22. The molecule has 4 rings (SSSR count). The highest BCUT2D eigenvalue weighted by Crippen LogP contribution is 2.23. The van der Waals surface area contributed by atoms with E-state index in [1.165, 1.54) is 5.56 Å². The van der Waals surface area contributed by atoms with Crippen molar-refractivity contribution < 1.29 is 9.21 Å². The summed E-state index contributed by atoms with van der Waals surface area (Å²) in [5.74, 6) is 0.800. The Kier molecular flexibility index (Phi) is 6.77. The number of nitrogens with one attached hydrogen (secondary N) is 2. The first-order valence-corrected chi connectivity index (χ1v) is 11.4. The highest BCUT2D eigenvalue weighted by molar-refractivity contribution is 7.80. The van der Waals surface area contributed by atoms with E-state index >= 15 is 0 Å². The molecule has 0 bridgehead atoms. The molecule has 4 aromatic rings. The molecular weight excluding hydrogens is 454 g/mol. The zero-order valence-corrected chi connectivity index (χ0v) is 20.2. The van der Waals surface area contributed by atoms with Crippen LogP contribution in [0.15, 0.2) is 65.1 Å². The topological polar surface area (TPSA) is 67.2 Å². The van der Waals surface area contributed by atoms with E-state index in [4.69, 9.17) is 28.2 Å². The van der Waals surface area contributed by atoms with E-state index in [2.05, 4.69) is 41.6 Å². The van der Waals surface area contributed by atoms with Crippen molar-refractivity contribution in [2.45, 2.75) is 33.1 Å². The molecule has 0 aliphatic carbocycles. The standard InChI is InChI=1S/C26H24ClN3O2S/c1-15(2)18-8-11-23-22(14-18)29-24(32-23)12-17-5-9-20(10-6-17)28-26(33)30-25(31)19-7-4-16(3)21(27)13-19/h4-11,13-15H,12H2,1-3H3,(H2,28,30,31,33). The van der Waals surface area contributed by atoms with Crippen LogP contribution in [0.1, 0.15) is 52.7 Å². The van der Waals surface area contributed by atoms with Gasteiger partial charge >= 0.3 is 0 Å². The minimum Gasteiger partial charge on any atom is -0.440 e. The molecule has 0 radical (unpaired) electrons. The molecule has 5 nitrogen and oxygen atoms in total. The summed E-state index contributed by atoms with van der Waals surface area (Å²) in [5.41, 5.74) is 6.10. The molecule has 0 saturated heterocycles. The predicted octanol–water partition coefficient (Wildman–Crippen LogP) is 6.63. The molecule has 0 unspecified atom stereocenters.